The van der Waals surface area contributed by atoms with Crippen molar-refractivity contribution in [2.45, 2.75) is 12.8 Å². The molecule has 0 spiro atoms. The first-order chi connectivity index (χ1) is 6.39. The Morgan fingerprint density at radius 1 is 1.64 bits per heavy atom. The van der Waals surface area contributed by atoms with Crippen LogP contribution in [0.5, 0.6) is 0 Å². The zero-order valence-electron chi connectivity index (χ0n) is 7.29. The number of pyridine rings is 1. The van der Waals surface area contributed by atoms with Gasteiger partial charge in [0.15, 0.2) is 0 Å². The van der Waals surface area contributed by atoms with E-state index in [0.29, 0.717) is 0 Å². The smallest absolute Gasteiger partial charge is 0.410 e. The Bertz CT molecular complexity index is 349. The van der Waals surface area contributed by atoms with Gasteiger partial charge in [-0.05, 0) is 12.1 Å². The summed E-state index contributed by atoms with van der Waals surface area (Å²) in [6, 6.07) is 2.13. The van der Waals surface area contributed by atoms with Crippen molar-refractivity contribution in [2.24, 2.45) is 0 Å². The molecular formula is C8H8F2N2O2. The molecule has 1 aromatic rings. The highest BCUT2D eigenvalue weighted by Crippen LogP contribution is 2.27. The van der Waals surface area contributed by atoms with E-state index in [0.717, 1.165) is 25.3 Å². The zero-order chi connectivity index (χ0) is 10.8. The minimum atomic E-state index is -3.00. The second kappa shape index (κ2) is 3.57. The van der Waals surface area contributed by atoms with Crippen LogP contribution in [0.4, 0.5) is 19.4 Å². The highest BCUT2D eigenvalue weighted by molar-refractivity contribution is 5.81. The molecule has 4 nitrogen and oxygen atoms in total. The van der Waals surface area contributed by atoms with E-state index in [4.69, 9.17) is 5.11 Å². The van der Waals surface area contributed by atoms with E-state index in [2.05, 4.69) is 4.98 Å². The Morgan fingerprint density at radius 3 is 2.79 bits per heavy atom. The summed E-state index contributed by atoms with van der Waals surface area (Å²) in [5, 5.41) is 10.2. The lowest BCUT2D eigenvalue weighted by molar-refractivity contribution is 0.0174. The van der Waals surface area contributed by atoms with Crippen LogP contribution < -0.4 is 5.32 Å². The highest BCUT2D eigenvalue weighted by Gasteiger charge is 2.24. The van der Waals surface area contributed by atoms with Crippen molar-refractivity contribution in [1.29, 1.82) is 0 Å². The lowest BCUT2D eigenvalue weighted by Crippen LogP contribution is -2.12. The van der Waals surface area contributed by atoms with Crippen molar-refractivity contribution in [1.82, 2.24) is 4.98 Å². The molecule has 1 aromatic heterocycles. The number of hydrogen-bond acceptors (Lipinski definition) is 2. The number of carboxylic acid groups (broad SMARTS) is 1. The maximum Gasteiger partial charge on any atom is 0.410 e. The van der Waals surface area contributed by atoms with Crippen molar-refractivity contribution < 1.29 is 18.7 Å². The molecule has 0 atom stereocenters. The molecule has 0 aliphatic heterocycles. The molecule has 0 saturated carbocycles. The van der Waals surface area contributed by atoms with Gasteiger partial charge in [0.25, 0.3) is 5.92 Å². The van der Waals surface area contributed by atoms with Crippen LogP contribution in [0.25, 0.3) is 0 Å². The van der Waals surface area contributed by atoms with Gasteiger partial charge in [-0.15, -0.1) is 0 Å². The van der Waals surface area contributed by atoms with Crippen molar-refractivity contribution in [3.63, 3.8) is 0 Å². The summed E-state index contributed by atoms with van der Waals surface area (Å²) < 4.78 is 25.5. The van der Waals surface area contributed by atoms with Gasteiger partial charge < -0.3 is 5.11 Å². The van der Waals surface area contributed by atoms with Crippen LogP contribution in [-0.2, 0) is 5.92 Å². The molecule has 0 saturated heterocycles. The van der Waals surface area contributed by atoms with E-state index in [9.17, 15) is 13.6 Å². The summed E-state index contributed by atoms with van der Waals surface area (Å²) in [4.78, 5) is 13.8. The van der Waals surface area contributed by atoms with Gasteiger partial charge in [0.2, 0.25) is 0 Å². The van der Waals surface area contributed by atoms with Crippen LogP contribution in [0, 0.1) is 0 Å². The monoisotopic (exact) mass is 202 g/mol. The molecule has 0 unspecified atom stereocenters. The van der Waals surface area contributed by atoms with Crippen LogP contribution >= 0.6 is 0 Å². The number of anilines is 1. The Hall–Kier alpha value is -1.72. The number of amides is 1. The third kappa shape index (κ3) is 2.65. The Balaban J connectivity index is 2.95. The molecule has 14 heavy (non-hydrogen) atoms. The largest absolute Gasteiger partial charge is 0.465 e. The third-order valence-corrected chi connectivity index (χ3v) is 1.50. The molecule has 2 N–H and O–H groups in total. The van der Waals surface area contributed by atoms with E-state index in [1.807, 2.05) is 5.32 Å². The summed E-state index contributed by atoms with van der Waals surface area (Å²) >= 11 is 0. The molecular weight excluding hydrogens is 194 g/mol. The van der Waals surface area contributed by atoms with Gasteiger partial charge in [0.05, 0.1) is 0 Å². The lowest BCUT2D eigenvalue weighted by atomic mass is 10.1. The van der Waals surface area contributed by atoms with Crippen LogP contribution in [0.2, 0.25) is 0 Å². The average Bonchev–Trinajstić information content (AvgIpc) is 2.01. The van der Waals surface area contributed by atoms with E-state index >= 15 is 0 Å². The lowest BCUT2D eigenvalue weighted by Gasteiger charge is -2.10. The molecule has 1 heterocycles. The summed E-state index contributed by atoms with van der Waals surface area (Å²) in [6.45, 7) is 0.729. The van der Waals surface area contributed by atoms with Crippen LogP contribution in [0.3, 0.4) is 0 Å². The summed E-state index contributed by atoms with van der Waals surface area (Å²) in [6.07, 6.45) is -0.216. The van der Waals surface area contributed by atoms with Crippen molar-refractivity contribution in [2.75, 3.05) is 5.32 Å². The zero-order valence-corrected chi connectivity index (χ0v) is 7.29. The molecule has 1 rings (SSSR count). The minimum absolute atomic E-state index is 0.114. The fraction of sp³-hybridized carbons (Fsp3) is 0.250. The fourth-order valence-corrected chi connectivity index (χ4v) is 0.882. The number of alkyl halides is 2. The van der Waals surface area contributed by atoms with Crippen LogP contribution in [0.15, 0.2) is 18.3 Å². The summed E-state index contributed by atoms with van der Waals surface area (Å²) in [7, 11) is 0. The van der Waals surface area contributed by atoms with Gasteiger partial charge in [0, 0.05) is 18.7 Å². The standard InChI is InChI=1S/C8H8F2N2O2/c1-8(9,10)5-2-3-11-6(4-5)12-7(13)14/h2-4H,1H3,(H,11,12)(H,13,14). The molecule has 0 fully saturated rings. The predicted octanol–water partition coefficient (Wildman–Crippen LogP) is 2.28. The number of rotatable bonds is 2. The second-order valence-electron chi connectivity index (χ2n) is 2.75. The molecule has 0 aliphatic rings. The summed E-state index contributed by atoms with van der Waals surface area (Å²) in [5.41, 5.74) is -0.281. The van der Waals surface area contributed by atoms with E-state index in [1.54, 1.807) is 0 Å². The molecule has 0 bridgehead atoms. The first-order valence-electron chi connectivity index (χ1n) is 3.74. The fourth-order valence-electron chi connectivity index (χ4n) is 0.882. The van der Waals surface area contributed by atoms with Gasteiger partial charge in [-0.1, -0.05) is 0 Å². The minimum Gasteiger partial charge on any atom is -0.465 e. The molecule has 0 aliphatic carbocycles. The number of halogens is 2. The first-order valence-corrected chi connectivity index (χ1v) is 3.74. The van der Waals surface area contributed by atoms with Crippen molar-refractivity contribution in [3.8, 4) is 0 Å². The van der Waals surface area contributed by atoms with Crippen molar-refractivity contribution >= 4 is 11.9 Å². The Labute approximate surface area is 78.6 Å². The number of aromatic nitrogens is 1. The number of carbonyl (C=O) groups is 1. The Morgan fingerprint density at radius 2 is 2.29 bits per heavy atom. The normalized spacial score (nSPS) is 11.1. The van der Waals surface area contributed by atoms with Gasteiger partial charge in [-0.3, -0.25) is 5.32 Å². The predicted molar refractivity (Wildman–Crippen MR) is 45.5 cm³/mol. The van der Waals surface area contributed by atoms with Gasteiger partial charge >= 0.3 is 6.09 Å². The first kappa shape index (κ1) is 10.4. The number of nitrogens with zero attached hydrogens (tertiary/aromatic N) is 1. The van der Waals surface area contributed by atoms with Crippen molar-refractivity contribution in [3.05, 3.63) is 23.9 Å². The van der Waals surface area contributed by atoms with Gasteiger partial charge in [-0.25, -0.2) is 18.6 Å². The molecule has 6 heteroatoms. The molecule has 1 amide bonds. The quantitative estimate of drug-likeness (QED) is 0.773. The van der Waals surface area contributed by atoms with Gasteiger partial charge in [-0.2, -0.15) is 0 Å². The number of hydrogen-bond donors (Lipinski definition) is 2. The maximum atomic E-state index is 12.8. The van der Waals surface area contributed by atoms with E-state index in [1.165, 1.54) is 0 Å². The third-order valence-electron chi connectivity index (χ3n) is 1.50. The van der Waals surface area contributed by atoms with Gasteiger partial charge in [0.1, 0.15) is 5.82 Å². The van der Waals surface area contributed by atoms with E-state index < -0.39 is 12.0 Å². The molecule has 76 valence electrons. The van der Waals surface area contributed by atoms with E-state index in [-0.39, 0.29) is 11.4 Å². The van der Waals surface area contributed by atoms with Crippen LogP contribution in [0.1, 0.15) is 12.5 Å². The van der Waals surface area contributed by atoms with Crippen LogP contribution in [-0.4, -0.2) is 16.2 Å². The topological polar surface area (TPSA) is 62.2 Å². The SMILES string of the molecule is CC(F)(F)c1ccnc(NC(=O)O)c1. The average molecular weight is 202 g/mol. The molecule has 0 aromatic carbocycles. The second-order valence-corrected chi connectivity index (χ2v) is 2.75. The highest BCUT2D eigenvalue weighted by atomic mass is 19.3. The molecule has 0 radical (unpaired) electrons. The summed E-state index contributed by atoms with van der Waals surface area (Å²) in [5.74, 6) is -3.12. The number of nitrogens with one attached hydrogen (secondary N) is 1. The maximum absolute atomic E-state index is 12.8. The Kier molecular flexibility index (Phi) is 2.64.